The number of carbonyl (C=O) groups is 2. The maximum absolute atomic E-state index is 13.0. The van der Waals surface area contributed by atoms with Crippen molar-refractivity contribution in [1.29, 1.82) is 0 Å². The molecule has 2 bridgehead atoms. The zero-order valence-corrected chi connectivity index (χ0v) is 14.8. The average Bonchev–Trinajstić information content (AvgIpc) is 2.85. The summed E-state index contributed by atoms with van der Waals surface area (Å²) in [5.41, 5.74) is 0.680. The van der Waals surface area contributed by atoms with Gasteiger partial charge in [0.25, 0.3) is 5.91 Å². The van der Waals surface area contributed by atoms with Crippen molar-refractivity contribution in [3.8, 4) is 0 Å². The quantitative estimate of drug-likeness (QED) is 0.877. The molecule has 5 heteroatoms. The van der Waals surface area contributed by atoms with Crippen LogP contribution >= 0.6 is 0 Å². The van der Waals surface area contributed by atoms with Crippen LogP contribution in [-0.2, 0) is 4.79 Å². The molecule has 2 unspecified atom stereocenters. The molecule has 5 nitrogen and oxygen atoms in total. The number of hydrogen-bond donors (Lipinski definition) is 2. The second-order valence-electron chi connectivity index (χ2n) is 7.93. The standard InChI is InChI=1S/C19H27N3O2/c1-19(2,3)18(24)21-16-7-5-4-6-15(16)17(23)22-11-10-13-8-9-14(12-22)20-13/h4-7,13-14,20H,8-12H2,1-3H3,(H,21,24). The van der Waals surface area contributed by atoms with Crippen LogP contribution in [0.3, 0.4) is 0 Å². The highest BCUT2D eigenvalue weighted by Gasteiger charge is 2.32. The van der Waals surface area contributed by atoms with E-state index in [9.17, 15) is 9.59 Å². The molecule has 2 amide bonds. The number of fused-ring (bicyclic) bond motifs is 2. The number of nitrogens with zero attached hydrogens (tertiary/aromatic N) is 1. The normalized spacial score (nSPS) is 23.7. The van der Waals surface area contributed by atoms with E-state index < -0.39 is 5.41 Å². The Bertz CT molecular complexity index is 636. The summed E-state index contributed by atoms with van der Waals surface area (Å²) in [5.74, 6) is -0.0755. The third-order valence-corrected chi connectivity index (χ3v) is 4.90. The van der Waals surface area contributed by atoms with E-state index in [-0.39, 0.29) is 11.8 Å². The van der Waals surface area contributed by atoms with Gasteiger partial charge in [0.15, 0.2) is 0 Å². The number of rotatable bonds is 2. The van der Waals surface area contributed by atoms with Crippen molar-refractivity contribution in [2.75, 3.05) is 18.4 Å². The monoisotopic (exact) mass is 329 g/mol. The molecule has 0 aromatic heterocycles. The number of hydrogen-bond acceptors (Lipinski definition) is 3. The molecule has 0 spiro atoms. The molecule has 0 aliphatic carbocycles. The first-order chi connectivity index (χ1) is 11.3. The summed E-state index contributed by atoms with van der Waals surface area (Å²) in [6.45, 7) is 7.11. The molecule has 1 aromatic rings. The summed E-state index contributed by atoms with van der Waals surface area (Å²) in [7, 11) is 0. The second-order valence-corrected chi connectivity index (χ2v) is 7.93. The van der Waals surface area contributed by atoms with Crippen LogP contribution in [0.5, 0.6) is 0 Å². The van der Waals surface area contributed by atoms with Gasteiger partial charge in [-0.25, -0.2) is 0 Å². The number of benzene rings is 1. The molecule has 2 heterocycles. The molecule has 24 heavy (non-hydrogen) atoms. The Morgan fingerprint density at radius 1 is 1.12 bits per heavy atom. The Morgan fingerprint density at radius 3 is 2.58 bits per heavy atom. The van der Waals surface area contributed by atoms with E-state index in [4.69, 9.17) is 0 Å². The van der Waals surface area contributed by atoms with Crippen LogP contribution in [0.4, 0.5) is 5.69 Å². The molecule has 2 aliphatic heterocycles. The number of carbonyl (C=O) groups excluding carboxylic acids is 2. The fourth-order valence-electron chi connectivity index (χ4n) is 3.39. The summed E-state index contributed by atoms with van der Waals surface area (Å²) in [5, 5.41) is 6.51. The fraction of sp³-hybridized carbons (Fsp3) is 0.579. The molecule has 2 aliphatic rings. The van der Waals surface area contributed by atoms with Crippen LogP contribution in [0.1, 0.15) is 50.4 Å². The third kappa shape index (κ3) is 3.61. The highest BCUT2D eigenvalue weighted by atomic mass is 16.2. The smallest absolute Gasteiger partial charge is 0.256 e. The Kier molecular flexibility index (Phi) is 4.63. The summed E-state index contributed by atoms with van der Waals surface area (Å²) in [6.07, 6.45) is 3.35. The van der Waals surface area contributed by atoms with Crippen LogP contribution in [0.2, 0.25) is 0 Å². The summed E-state index contributed by atoms with van der Waals surface area (Å²) < 4.78 is 0. The zero-order valence-electron chi connectivity index (χ0n) is 14.8. The first kappa shape index (κ1) is 17.0. The number of likely N-dealkylation sites (tertiary alicyclic amines) is 1. The lowest BCUT2D eigenvalue weighted by atomic mass is 9.95. The molecule has 0 radical (unpaired) electrons. The van der Waals surface area contributed by atoms with Gasteiger partial charge in [0.2, 0.25) is 5.91 Å². The first-order valence-corrected chi connectivity index (χ1v) is 8.80. The minimum Gasteiger partial charge on any atom is -0.337 e. The van der Waals surface area contributed by atoms with E-state index >= 15 is 0 Å². The van der Waals surface area contributed by atoms with Crippen molar-refractivity contribution < 1.29 is 9.59 Å². The third-order valence-electron chi connectivity index (χ3n) is 4.90. The van der Waals surface area contributed by atoms with E-state index in [1.165, 1.54) is 6.42 Å². The van der Waals surface area contributed by atoms with Crippen LogP contribution in [0.15, 0.2) is 24.3 Å². The SMILES string of the molecule is CC(C)(C)C(=O)Nc1ccccc1C(=O)N1CCC2CCC(C1)N2. The highest BCUT2D eigenvalue weighted by molar-refractivity contribution is 6.04. The van der Waals surface area contributed by atoms with Gasteiger partial charge in [0.1, 0.15) is 0 Å². The van der Waals surface area contributed by atoms with Crippen molar-refractivity contribution in [3.63, 3.8) is 0 Å². The summed E-state index contributed by atoms with van der Waals surface area (Å²) >= 11 is 0. The number of para-hydroxylation sites is 1. The number of nitrogens with one attached hydrogen (secondary N) is 2. The van der Waals surface area contributed by atoms with Crippen molar-refractivity contribution in [3.05, 3.63) is 29.8 Å². The van der Waals surface area contributed by atoms with E-state index in [0.717, 1.165) is 25.9 Å². The molecule has 2 atom stereocenters. The van der Waals surface area contributed by atoms with E-state index in [1.807, 2.05) is 37.8 Å². The molecular formula is C19H27N3O2. The number of amides is 2. The van der Waals surface area contributed by atoms with Gasteiger partial charge in [-0.15, -0.1) is 0 Å². The highest BCUT2D eigenvalue weighted by Crippen LogP contribution is 2.25. The predicted molar refractivity (Wildman–Crippen MR) is 95.0 cm³/mol. The van der Waals surface area contributed by atoms with Gasteiger partial charge < -0.3 is 15.5 Å². The van der Waals surface area contributed by atoms with Gasteiger partial charge in [0.05, 0.1) is 11.3 Å². The molecule has 2 saturated heterocycles. The van der Waals surface area contributed by atoms with Crippen LogP contribution in [0, 0.1) is 5.41 Å². The lowest BCUT2D eigenvalue weighted by Gasteiger charge is -2.26. The summed E-state index contributed by atoms with van der Waals surface area (Å²) in [6, 6.07) is 8.25. The molecule has 130 valence electrons. The Hall–Kier alpha value is -1.88. The Balaban J connectivity index is 1.78. The van der Waals surface area contributed by atoms with Gasteiger partial charge in [-0.2, -0.15) is 0 Å². The maximum Gasteiger partial charge on any atom is 0.256 e. The van der Waals surface area contributed by atoms with Crippen LogP contribution < -0.4 is 10.6 Å². The maximum atomic E-state index is 13.0. The molecule has 3 rings (SSSR count). The number of anilines is 1. The molecule has 2 fully saturated rings. The van der Waals surface area contributed by atoms with Crippen LogP contribution in [0.25, 0.3) is 0 Å². The van der Waals surface area contributed by atoms with Gasteiger partial charge in [-0.05, 0) is 31.4 Å². The van der Waals surface area contributed by atoms with E-state index in [2.05, 4.69) is 10.6 Å². The fourth-order valence-corrected chi connectivity index (χ4v) is 3.39. The largest absolute Gasteiger partial charge is 0.337 e. The van der Waals surface area contributed by atoms with E-state index in [1.54, 1.807) is 12.1 Å². The van der Waals surface area contributed by atoms with Crippen molar-refractivity contribution >= 4 is 17.5 Å². The van der Waals surface area contributed by atoms with Crippen molar-refractivity contribution in [1.82, 2.24) is 10.2 Å². The molecule has 0 saturated carbocycles. The predicted octanol–water partition coefficient (Wildman–Crippen LogP) is 2.64. The molecule has 2 N–H and O–H groups in total. The molecule has 1 aromatic carbocycles. The second kappa shape index (κ2) is 6.55. The van der Waals surface area contributed by atoms with Crippen molar-refractivity contribution in [2.45, 2.75) is 52.1 Å². The minimum absolute atomic E-state index is 0.00848. The van der Waals surface area contributed by atoms with Gasteiger partial charge >= 0.3 is 0 Å². The Labute approximate surface area is 143 Å². The lowest BCUT2D eigenvalue weighted by Crippen LogP contribution is -2.39. The van der Waals surface area contributed by atoms with Gasteiger partial charge in [-0.3, -0.25) is 9.59 Å². The molecular weight excluding hydrogens is 302 g/mol. The van der Waals surface area contributed by atoms with Gasteiger partial charge in [-0.1, -0.05) is 32.9 Å². The van der Waals surface area contributed by atoms with Gasteiger partial charge in [0, 0.05) is 30.6 Å². The van der Waals surface area contributed by atoms with Crippen LogP contribution in [-0.4, -0.2) is 41.9 Å². The summed E-state index contributed by atoms with van der Waals surface area (Å²) in [4.78, 5) is 27.3. The lowest BCUT2D eigenvalue weighted by molar-refractivity contribution is -0.123. The minimum atomic E-state index is -0.498. The topological polar surface area (TPSA) is 61.4 Å². The zero-order chi connectivity index (χ0) is 17.3. The first-order valence-electron chi connectivity index (χ1n) is 8.80. The average molecular weight is 329 g/mol. The van der Waals surface area contributed by atoms with E-state index in [0.29, 0.717) is 23.3 Å². The Morgan fingerprint density at radius 2 is 1.83 bits per heavy atom. The van der Waals surface area contributed by atoms with Crippen molar-refractivity contribution in [2.24, 2.45) is 5.41 Å².